The van der Waals surface area contributed by atoms with E-state index in [9.17, 15) is 0 Å². The summed E-state index contributed by atoms with van der Waals surface area (Å²) in [5.74, 6) is 0.976. The highest BCUT2D eigenvalue weighted by Crippen LogP contribution is 2.32. The molecule has 0 radical (unpaired) electrons. The van der Waals surface area contributed by atoms with Gasteiger partial charge in [-0.1, -0.05) is 30.3 Å². The highest BCUT2D eigenvalue weighted by Gasteiger charge is 2.22. The van der Waals surface area contributed by atoms with Crippen LogP contribution in [0.3, 0.4) is 0 Å². The Balaban J connectivity index is 1.65. The van der Waals surface area contributed by atoms with Crippen LogP contribution in [0, 0.1) is 0 Å². The Labute approximate surface area is 140 Å². The molecule has 3 heterocycles. The molecular weight excluding hydrogens is 304 g/mol. The molecule has 0 spiro atoms. The molecule has 1 aromatic carbocycles. The zero-order chi connectivity index (χ0) is 16.4. The minimum atomic E-state index is 0.211. The summed E-state index contributed by atoms with van der Waals surface area (Å²) in [6.07, 6.45) is 3.82. The fraction of sp³-hybridized carbons (Fsp3) is 0.333. The predicted molar refractivity (Wildman–Crippen MR) is 91.8 cm³/mol. The van der Waals surface area contributed by atoms with Crippen molar-refractivity contribution in [1.29, 1.82) is 0 Å². The van der Waals surface area contributed by atoms with E-state index < -0.39 is 0 Å². The van der Waals surface area contributed by atoms with E-state index in [1.165, 1.54) is 0 Å². The first-order valence-electron chi connectivity index (χ1n) is 8.20. The molecule has 24 heavy (non-hydrogen) atoms. The van der Waals surface area contributed by atoms with Crippen molar-refractivity contribution < 1.29 is 9.47 Å². The van der Waals surface area contributed by atoms with Crippen LogP contribution in [0.25, 0.3) is 10.9 Å². The molecule has 6 heteroatoms. The smallest absolute Gasteiger partial charge is 0.227 e. The van der Waals surface area contributed by atoms with Crippen LogP contribution in [-0.2, 0) is 11.3 Å². The maximum atomic E-state index is 6.16. The number of nitrogens with zero attached hydrogens (tertiary/aromatic N) is 3. The first-order valence-corrected chi connectivity index (χ1v) is 8.20. The summed E-state index contributed by atoms with van der Waals surface area (Å²) in [4.78, 5) is 4.35. The van der Waals surface area contributed by atoms with Gasteiger partial charge in [0.15, 0.2) is 5.82 Å². The lowest BCUT2D eigenvalue weighted by Crippen LogP contribution is -2.22. The number of aromatic nitrogens is 3. The van der Waals surface area contributed by atoms with Gasteiger partial charge in [-0.2, -0.15) is 5.10 Å². The summed E-state index contributed by atoms with van der Waals surface area (Å²) in [6.45, 7) is 1.93. The molecule has 6 nitrogen and oxygen atoms in total. The lowest BCUT2D eigenvalue weighted by molar-refractivity contribution is 0.0566. The van der Waals surface area contributed by atoms with Crippen LogP contribution < -0.4 is 10.5 Å². The zero-order valence-electron chi connectivity index (χ0n) is 13.4. The van der Waals surface area contributed by atoms with Gasteiger partial charge >= 0.3 is 0 Å². The third kappa shape index (κ3) is 2.80. The second-order valence-electron chi connectivity index (χ2n) is 5.99. The van der Waals surface area contributed by atoms with E-state index in [4.69, 9.17) is 15.2 Å². The number of nitrogen functional groups attached to an aromatic ring is 1. The molecule has 124 valence electrons. The maximum absolute atomic E-state index is 6.16. The largest absolute Gasteiger partial charge is 0.472 e. The van der Waals surface area contributed by atoms with Crippen molar-refractivity contribution in [3.05, 3.63) is 48.2 Å². The summed E-state index contributed by atoms with van der Waals surface area (Å²) < 4.78 is 13.5. The Morgan fingerprint density at radius 3 is 2.92 bits per heavy atom. The summed E-state index contributed by atoms with van der Waals surface area (Å²) in [7, 11) is 0. The molecule has 1 aliphatic rings. The van der Waals surface area contributed by atoms with E-state index in [0.29, 0.717) is 24.9 Å². The van der Waals surface area contributed by atoms with Gasteiger partial charge in [0.1, 0.15) is 12.0 Å². The normalized spacial score (nSPS) is 17.9. The molecule has 0 unspecified atom stereocenters. The van der Waals surface area contributed by atoms with Crippen LogP contribution >= 0.6 is 0 Å². The van der Waals surface area contributed by atoms with Gasteiger partial charge in [-0.15, -0.1) is 0 Å². The number of rotatable bonds is 4. The first kappa shape index (κ1) is 15.0. The Bertz CT molecular complexity index is 826. The molecule has 0 amide bonds. The lowest BCUT2D eigenvalue weighted by Gasteiger charge is -2.23. The van der Waals surface area contributed by atoms with E-state index in [1.807, 2.05) is 41.1 Å². The van der Waals surface area contributed by atoms with Crippen molar-refractivity contribution in [2.75, 3.05) is 18.9 Å². The number of ether oxygens (including phenoxy) is 2. The van der Waals surface area contributed by atoms with Gasteiger partial charge in [0.05, 0.1) is 18.2 Å². The summed E-state index contributed by atoms with van der Waals surface area (Å²) in [5.41, 5.74) is 8.19. The number of benzene rings is 1. The molecule has 2 aromatic heterocycles. The number of hydrogen-bond acceptors (Lipinski definition) is 5. The van der Waals surface area contributed by atoms with Crippen molar-refractivity contribution in [3.63, 3.8) is 0 Å². The van der Waals surface area contributed by atoms with Gasteiger partial charge in [-0.05, 0) is 24.5 Å². The number of anilines is 1. The Morgan fingerprint density at radius 2 is 2.12 bits per heavy atom. The standard InChI is InChI=1S/C18H20N4O2/c19-17-16-15(22(21-17)14-7-4-10-23-12-14)8-9-20-18(16)24-11-13-5-2-1-3-6-13/h1-3,5-6,8-9,14H,4,7,10-12H2,(H2,19,21)/t14-/m1/s1. The lowest BCUT2D eigenvalue weighted by atomic mass is 10.1. The molecule has 0 saturated carbocycles. The summed E-state index contributed by atoms with van der Waals surface area (Å²) in [6, 6.07) is 12.1. The van der Waals surface area contributed by atoms with Gasteiger partial charge in [0, 0.05) is 12.8 Å². The highest BCUT2D eigenvalue weighted by molar-refractivity contribution is 5.93. The van der Waals surface area contributed by atoms with Crippen molar-refractivity contribution in [2.24, 2.45) is 0 Å². The molecular formula is C18H20N4O2. The Hall–Kier alpha value is -2.60. The number of fused-ring (bicyclic) bond motifs is 1. The molecule has 1 atom stereocenters. The SMILES string of the molecule is Nc1nn([C@@H]2CCCOC2)c2ccnc(OCc3ccccc3)c12. The van der Waals surface area contributed by atoms with Crippen molar-refractivity contribution in [3.8, 4) is 5.88 Å². The average Bonchev–Trinajstić information content (AvgIpc) is 2.99. The molecule has 0 bridgehead atoms. The van der Waals surface area contributed by atoms with Crippen LogP contribution in [0.5, 0.6) is 5.88 Å². The molecule has 1 fully saturated rings. The van der Waals surface area contributed by atoms with Crippen molar-refractivity contribution in [2.45, 2.75) is 25.5 Å². The van der Waals surface area contributed by atoms with E-state index in [-0.39, 0.29) is 6.04 Å². The predicted octanol–water partition coefficient (Wildman–Crippen LogP) is 2.94. The van der Waals surface area contributed by atoms with Gasteiger partial charge in [0.2, 0.25) is 5.88 Å². The molecule has 0 aliphatic carbocycles. The Kier molecular flexibility index (Phi) is 4.04. The molecule has 3 aromatic rings. The van der Waals surface area contributed by atoms with E-state index in [2.05, 4.69) is 10.1 Å². The molecule has 1 aliphatic heterocycles. The molecule has 4 rings (SSSR count). The number of pyridine rings is 1. The summed E-state index contributed by atoms with van der Waals surface area (Å²) in [5, 5.41) is 5.30. The van der Waals surface area contributed by atoms with Gasteiger partial charge in [-0.3, -0.25) is 4.68 Å². The van der Waals surface area contributed by atoms with Crippen LogP contribution in [-0.4, -0.2) is 28.0 Å². The third-order valence-electron chi connectivity index (χ3n) is 4.31. The van der Waals surface area contributed by atoms with E-state index in [1.54, 1.807) is 6.20 Å². The van der Waals surface area contributed by atoms with Crippen molar-refractivity contribution >= 4 is 16.7 Å². The van der Waals surface area contributed by atoms with Gasteiger partial charge < -0.3 is 15.2 Å². The summed E-state index contributed by atoms with van der Waals surface area (Å²) >= 11 is 0. The second kappa shape index (κ2) is 6.49. The van der Waals surface area contributed by atoms with E-state index >= 15 is 0 Å². The van der Waals surface area contributed by atoms with Crippen LogP contribution in [0.15, 0.2) is 42.6 Å². The zero-order valence-corrected chi connectivity index (χ0v) is 13.4. The van der Waals surface area contributed by atoms with Crippen LogP contribution in [0.2, 0.25) is 0 Å². The maximum Gasteiger partial charge on any atom is 0.227 e. The topological polar surface area (TPSA) is 75.2 Å². The first-order chi connectivity index (χ1) is 11.8. The van der Waals surface area contributed by atoms with Crippen molar-refractivity contribution in [1.82, 2.24) is 14.8 Å². The number of nitrogens with two attached hydrogens (primary N) is 1. The fourth-order valence-corrected chi connectivity index (χ4v) is 3.11. The minimum absolute atomic E-state index is 0.211. The minimum Gasteiger partial charge on any atom is -0.472 e. The highest BCUT2D eigenvalue weighted by atomic mass is 16.5. The van der Waals surface area contributed by atoms with Gasteiger partial charge in [-0.25, -0.2) is 4.98 Å². The monoisotopic (exact) mass is 324 g/mol. The molecule has 1 saturated heterocycles. The van der Waals surface area contributed by atoms with Crippen LogP contribution in [0.1, 0.15) is 24.4 Å². The third-order valence-corrected chi connectivity index (χ3v) is 4.31. The Morgan fingerprint density at radius 1 is 1.25 bits per heavy atom. The molecule has 2 N–H and O–H groups in total. The van der Waals surface area contributed by atoms with Crippen LogP contribution in [0.4, 0.5) is 5.82 Å². The second-order valence-corrected chi connectivity index (χ2v) is 5.99. The van der Waals surface area contributed by atoms with E-state index in [0.717, 1.165) is 35.9 Å². The van der Waals surface area contributed by atoms with Gasteiger partial charge in [0.25, 0.3) is 0 Å². The number of hydrogen-bond donors (Lipinski definition) is 1. The fourth-order valence-electron chi connectivity index (χ4n) is 3.11. The average molecular weight is 324 g/mol. The quantitative estimate of drug-likeness (QED) is 0.798.